The smallest absolute Gasteiger partial charge is 0.407 e. The fourth-order valence-electron chi connectivity index (χ4n) is 5.65. The molecule has 7 heteroatoms. The average molecular weight is 463 g/mol. The predicted molar refractivity (Wildman–Crippen MR) is 126 cm³/mol. The lowest BCUT2D eigenvalue weighted by molar-refractivity contribution is -0.153. The van der Waals surface area contributed by atoms with Gasteiger partial charge in [-0.25, -0.2) is 9.59 Å². The minimum atomic E-state index is -1.04. The number of amides is 2. The predicted octanol–water partition coefficient (Wildman–Crippen LogP) is 4.16. The number of benzene rings is 2. The Bertz CT molecular complexity index is 1080. The number of hydrogen-bond donors (Lipinski definition) is 2. The Kier molecular flexibility index (Phi) is 5.80. The van der Waals surface area contributed by atoms with E-state index >= 15 is 0 Å². The Balaban J connectivity index is 1.18. The molecule has 2 aromatic rings. The normalized spacial score (nSPS) is 22.3. The Morgan fingerprint density at radius 2 is 1.65 bits per heavy atom. The maximum atomic E-state index is 13.0. The molecule has 2 aromatic carbocycles. The van der Waals surface area contributed by atoms with Crippen molar-refractivity contribution in [1.82, 2.24) is 10.2 Å². The summed E-state index contributed by atoms with van der Waals surface area (Å²) in [6.07, 6.45) is 3.32. The molecule has 5 rings (SSSR count). The topological polar surface area (TPSA) is 95.9 Å². The fraction of sp³-hybridized carbons (Fsp3) is 0.444. The second-order valence-corrected chi connectivity index (χ2v) is 9.76. The maximum Gasteiger partial charge on any atom is 0.407 e. The van der Waals surface area contributed by atoms with Gasteiger partial charge in [-0.15, -0.1) is 0 Å². The largest absolute Gasteiger partial charge is 0.479 e. The Morgan fingerprint density at radius 3 is 2.24 bits per heavy atom. The van der Waals surface area contributed by atoms with Crippen LogP contribution in [0.4, 0.5) is 4.79 Å². The zero-order valence-electron chi connectivity index (χ0n) is 19.3. The number of nitrogens with zero attached hydrogens (tertiary/aromatic N) is 1. The number of carboxylic acid groups (broad SMARTS) is 1. The van der Waals surface area contributed by atoms with E-state index in [9.17, 15) is 19.5 Å². The molecule has 2 saturated carbocycles. The molecule has 34 heavy (non-hydrogen) atoms. The maximum absolute atomic E-state index is 13.0. The van der Waals surface area contributed by atoms with Crippen molar-refractivity contribution in [2.24, 2.45) is 5.92 Å². The molecule has 178 valence electrons. The second-order valence-electron chi connectivity index (χ2n) is 9.76. The molecule has 0 unspecified atom stereocenters. The lowest BCUT2D eigenvalue weighted by atomic mass is 9.84. The number of carbonyl (C=O) groups is 3. The summed E-state index contributed by atoms with van der Waals surface area (Å²) in [6.45, 7) is 0.249. The minimum Gasteiger partial charge on any atom is -0.479 e. The summed E-state index contributed by atoms with van der Waals surface area (Å²) < 4.78 is 5.66. The van der Waals surface area contributed by atoms with Crippen LogP contribution in [0.15, 0.2) is 48.5 Å². The van der Waals surface area contributed by atoms with Gasteiger partial charge in [-0.2, -0.15) is 0 Å². The second kappa shape index (κ2) is 8.78. The summed E-state index contributed by atoms with van der Waals surface area (Å²) in [7, 11) is 1.59. The molecule has 0 bridgehead atoms. The molecule has 2 fully saturated rings. The van der Waals surface area contributed by atoms with Gasteiger partial charge < -0.3 is 20.1 Å². The Labute approximate surface area is 199 Å². The summed E-state index contributed by atoms with van der Waals surface area (Å²) in [6, 6.07) is 16.2. The number of alkyl carbamates (subject to hydrolysis) is 1. The Morgan fingerprint density at radius 1 is 1.03 bits per heavy atom. The third kappa shape index (κ3) is 3.93. The van der Waals surface area contributed by atoms with Gasteiger partial charge in [-0.05, 0) is 54.4 Å². The van der Waals surface area contributed by atoms with Crippen LogP contribution in [0.3, 0.4) is 0 Å². The van der Waals surface area contributed by atoms with Crippen LogP contribution >= 0.6 is 0 Å². The molecule has 7 nitrogen and oxygen atoms in total. The molecule has 0 aliphatic heterocycles. The van der Waals surface area contributed by atoms with Crippen molar-refractivity contribution < 1.29 is 24.2 Å². The lowest BCUT2D eigenvalue weighted by Gasteiger charge is -2.33. The number of rotatable bonds is 6. The first-order valence-corrected chi connectivity index (χ1v) is 12.0. The first kappa shape index (κ1) is 22.4. The van der Waals surface area contributed by atoms with Crippen LogP contribution in [0, 0.1) is 5.92 Å². The van der Waals surface area contributed by atoms with Crippen molar-refractivity contribution in [3.8, 4) is 11.1 Å². The standard InChI is InChI=1S/C27H30N2O5/c1-29(27(13-14-27)25(31)32)24(30)17-7-6-8-18(15-17)28-26(33)34-16-23-21-11-4-2-9-19(21)20-10-3-5-12-22(20)23/h2-5,9-12,17-18,23H,6-8,13-16H2,1H3,(H,28,33)(H,31,32)/t17-,18-/m1/s1. The summed E-state index contributed by atoms with van der Waals surface area (Å²) in [5.41, 5.74) is 3.65. The third-order valence-corrected chi connectivity index (χ3v) is 7.78. The fourth-order valence-corrected chi connectivity index (χ4v) is 5.65. The van der Waals surface area contributed by atoms with Gasteiger partial charge in [0.25, 0.3) is 0 Å². The summed E-state index contributed by atoms with van der Waals surface area (Å²) in [5, 5.41) is 12.4. The molecule has 0 radical (unpaired) electrons. The van der Waals surface area contributed by atoms with E-state index < -0.39 is 17.6 Å². The summed E-state index contributed by atoms with van der Waals surface area (Å²) in [5.74, 6) is -1.36. The van der Waals surface area contributed by atoms with Crippen LogP contribution in [-0.4, -0.2) is 53.2 Å². The highest BCUT2D eigenvalue weighted by atomic mass is 16.5. The zero-order chi connectivity index (χ0) is 23.9. The molecule has 2 amide bonds. The number of ether oxygens (including phenoxy) is 1. The molecule has 0 spiro atoms. The summed E-state index contributed by atoms with van der Waals surface area (Å²) in [4.78, 5) is 38.6. The molecule has 2 N–H and O–H groups in total. The van der Waals surface area contributed by atoms with E-state index in [1.807, 2.05) is 24.3 Å². The molecular weight excluding hydrogens is 432 g/mol. The zero-order valence-corrected chi connectivity index (χ0v) is 19.3. The highest BCUT2D eigenvalue weighted by molar-refractivity contribution is 5.90. The van der Waals surface area contributed by atoms with Crippen molar-refractivity contribution in [3.05, 3.63) is 59.7 Å². The van der Waals surface area contributed by atoms with Gasteiger partial charge >= 0.3 is 12.1 Å². The molecule has 0 aromatic heterocycles. The first-order chi connectivity index (χ1) is 16.4. The molecule has 3 aliphatic carbocycles. The van der Waals surface area contributed by atoms with E-state index in [2.05, 4.69) is 29.6 Å². The number of aliphatic carboxylic acids is 1. The number of likely N-dealkylation sites (N-methyl/N-ethyl adjacent to an activating group) is 1. The number of nitrogens with one attached hydrogen (secondary N) is 1. The van der Waals surface area contributed by atoms with Crippen LogP contribution in [-0.2, 0) is 14.3 Å². The van der Waals surface area contributed by atoms with Gasteiger partial charge in [-0.3, -0.25) is 4.79 Å². The molecular formula is C27H30N2O5. The van der Waals surface area contributed by atoms with Crippen molar-refractivity contribution in [2.45, 2.75) is 56.0 Å². The number of fused-ring (bicyclic) bond motifs is 3. The van der Waals surface area contributed by atoms with Gasteiger partial charge in [0, 0.05) is 24.9 Å². The number of carbonyl (C=O) groups excluding carboxylic acids is 2. The lowest BCUT2D eigenvalue weighted by Crippen LogP contribution is -2.49. The van der Waals surface area contributed by atoms with Crippen molar-refractivity contribution >= 4 is 18.0 Å². The molecule has 0 heterocycles. The van der Waals surface area contributed by atoms with Crippen LogP contribution in [0.2, 0.25) is 0 Å². The van der Waals surface area contributed by atoms with E-state index in [1.165, 1.54) is 16.0 Å². The molecule has 0 saturated heterocycles. The van der Waals surface area contributed by atoms with E-state index in [4.69, 9.17) is 4.74 Å². The third-order valence-electron chi connectivity index (χ3n) is 7.78. The van der Waals surface area contributed by atoms with Gasteiger partial charge in [0.15, 0.2) is 0 Å². The van der Waals surface area contributed by atoms with E-state index in [0.29, 0.717) is 25.7 Å². The van der Waals surface area contributed by atoms with E-state index in [0.717, 1.165) is 24.0 Å². The quantitative estimate of drug-likeness (QED) is 0.672. The Hall–Kier alpha value is -3.35. The van der Waals surface area contributed by atoms with E-state index in [-0.39, 0.29) is 30.4 Å². The van der Waals surface area contributed by atoms with Gasteiger partial charge in [0.1, 0.15) is 12.1 Å². The highest BCUT2D eigenvalue weighted by Crippen LogP contribution is 2.45. The van der Waals surface area contributed by atoms with Gasteiger partial charge in [0.2, 0.25) is 5.91 Å². The highest BCUT2D eigenvalue weighted by Gasteiger charge is 2.56. The molecule has 3 aliphatic rings. The average Bonchev–Trinajstić information content (AvgIpc) is 3.61. The van der Waals surface area contributed by atoms with E-state index in [1.54, 1.807) is 7.05 Å². The van der Waals surface area contributed by atoms with Gasteiger partial charge in [0.05, 0.1) is 0 Å². The SMILES string of the molecule is CN(C(=O)[C@@H]1CCC[C@@H](NC(=O)OCC2c3ccccc3-c3ccccc32)C1)C1(C(=O)O)CC1. The first-order valence-electron chi connectivity index (χ1n) is 12.0. The van der Waals surface area contributed by atoms with Crippen molar-refractivity contribution in [3.63, 3.8) is 0 Å². The van der Waals surface area contributed by atoms with Gasteiger partial charge in [-0.1, -0.05) is 55.0 Å². The summed E-state index contributed by atoms with van der Waals surface area (Å²) >= 11 is 0. The number of hydrogen-bond acceptors (Lipinski definition) is 4. The minimum absolute atomic E-state index is 0.00164. The van der Waals surface area contributed by atoms with Crippen molar-refractivity contribution in [1.29, 1.82) is 0 Å². The van der Waals surface area contributed by atoms with Crippen LogP contribution in [0.1, 0.15) is 55.6 Å². The van der Waals surface area contributed by atoms with Crippen LogP contribution < -0.4 is 5.32 Å². The van der Waals surface area contributed by atoms with Crippen molar-refractivity contribution in [2.75, 3.05) is 13.7 Å². The van der Waals surface area contributed by atoms with Crippen LogP contribution in [0.5, 0.6) is 0 Å². The number of carboxylic acids is 1. The monoisotopic (exact) mass is 462 g/mol. The molecule has 2 atom stereocenters. The van der Waals surface area contributed by atoms with Crippen LogP contribution in [0.25, 0.3) is 11.1 Å².